The molecule has 2 amide bonds. The second-order valence-electron chi connectivity index (χ2n) is 12.5. The van der Waals surface area contributed by atoms with Crippen LogP contribution in [0.4, 0.5) is 9.52 Å². The minimum absolute atomic E-state index is 0.0270. The highest BCUT2D eigenvalue weighted by atomic mass is 32.2. The summed E-state index contributed by atoms with van der Waals surface area (Å²) in [7, 11) is -4.14. The number of thiazole rings is 1. The molecule has 0 saturated carbocycles. The Bertz CT molecular complexity index is 2730. The maximum absolute atomic E-state index is 14.4. The van der Waals surface area contributed by atoms with E-state index >= 15 is 0 Å². The van der Waals surface area contributed by atoms with Gasteiger partial charge < -0.3 is 41.4 Å². The molecule has 26 heteroatoms. The molecule has 1 fully saturated rings. The lowest BCUT2D eigenvalue weighted by Crippen LogP contribution is -2.71. The van der Waals surface area contributed by atoms with Crippen molar-refractivity contribution in [1.82, 2.24) is 39.5 Å². The summed E-state index contributed by atoms with van der Waals surface area (Å²) in [4.78, 5) is 58.3. The van der Waals surface area contributed by atoms with Crippen LogP contribution in [0.1, 0.15) is 22.8 Å². The number of hydrogen-bond donors (Lipinski definition) is 8. The van der Waals surface area contributed by atoms with Gasteiger partial charge in [0.05, 0.1) is 11.4 Å². The number of hydrogen-bond acceptors (Lipinski definition) is 19. The summed E-state index contributed by atoms with van der Waals surface area (Å²) in [6.07, 6.45) is 0. The van der Waals surface area contributed by atoms with Crippen LogP contribution < -0.4 is 15.8 Å². The fourth-order valence-electron chi connectivity index (χ4n) is 5.73. The Labute approximate surface area is 343 Å². The lowest BCUT2D eigenvalue weighted by molar-refractivity contribution is -0.150. The van der Waals surface area contributed by atoms with Crippen LogP contribution in [0.5, 0.6) is 23.0 Å². The molecular weight excluding hydrogens is 860 g/mol. The number of rotatable bonds is 14. The van der Waals surface area contributed by atoms with Gasteiger partial charge in [-0.2, -0.15) is 9.50 Å². The average Bonchev–Trinajstić information content (AvgIpc) is 3.82. The molecule has 0 spiro atoms. The van der Waals surface area contributed by atoms with Crippen LogP contribution in [-0.4, -0.2) is 110 Å². The third-order valence-corrected chi connectivity index (χ3v) is 13.1. The summed E-state index contributed by atoms with van der Waals surface area (Å²) in [5.74, 6) is -6.58. The Kier molecular flexibility index (Phi) is 11.2. The summed E-state index contributed by atoms with van der Waals surface area (Å²) in [5.41, 5.74) is 5.74. The van der Waals surface area contributed by atoms with Crippen molar-refractivity contribution in [2.45, 2.75) is 41.4 Å². The standard InChI is InChI=1S/C33H29FN10O11S4/c1-13-6-22(44-33(37-13)39-21(41-44)8-36-59(53,54)16-3-5-18(45)20(47)7-16)56-10-15-11-57-30-25(29(50)43(30)26(15)31(51)52)40-28(49)24(17-12-58-32(35)38-17)42-55-9-14-2-4-19(46)27(48)23(14)34/h2-7,12,25,30,36,45-48H,8-11H2,1H3,(H2,35,38)(H,40,49)(H,51,52)/b42-24-. The summed E-state index contributed by atoms with van der Waals surface area (Å²) in [5, 5.41) is 60.5. The van der Waals surface area contributed by atoms with E-state index in [4.69, 9.17) is 10.6 Å². The maximum Gasteiger partial charge on any atom is 0.352 e. The highest BCUT2D eigenvalue weighted by Crippen LogP contribution is 2.42. The number of amides is 2. The first-order chi connectivity index (χ1) is 28.0. The summed E-state index contributed by atoms with van der Waals surface area (Å²) in [6, 6.07) is 5.68. The van der Waals surface area contributed by atoms with Gasteiger partial charge in [0.1, 0.15) is 34.4 Å². The molecule has 1 saturated heterocycles. The molecule has 59 heavy (non-hydrogen) atoms. The minimum atomic E-state index is -4.14. The van der Waals surface area contributed by atoms with Gasteiger partial charge in [0, 0.05) is 34.2 Å². The Morgan fingerprint density at radius 3 is 2.58 bits per heavy atom. The first kappa shape index (κ1) is 41.0. The predicted octanol–water partition coefficient (Wildman–Crippen LogP) is 1.36. The van der Waals surface area contributed by atoms with Crippen LogP contribution in [0.2, 0.25) is 0 Å². The molecule has 2 unspecified atom stereocenters. The van der Waals surface area contributed by atoms with Crippen molar-refractivity contribution in [2.75, 3.05) is 17.2 Å². The lowest BCUT2D eigenvalue weighted by Gasteiger charge is -2.49. The quantitative estimate of drug-likeness (QED) is 0.0195. The maximum atomic E-state index is 14.4. The van der Waals surface area contributed by atoms with Gasteiger partial charge >= 0.3 is 5.97 Å². The van der Waals surface area contributed by atoms with Gasteiger partial charge in [0.2, 0.25) is 10.0 Å². The highest BCUT2D eigenvalue weighted by molar-refractivity contribution is 8.01. The van der Waals surface area contributed by atoms with Crippen molar-refractivity contribution in [3.05, 3.63) is 81.6 Å². The van der Waals surface area contributed by atoms with Crippen molar-refractivity contribution in [3.63, 3.8) is 0 Å². The van der Waals surface area contributed by atoms with E-state index in [0.717, 1.165) is 46.6 Å². The number of aliphatic carboxylic acids is 1. The van der Waals surface area contributed by atoms with Crippen molar-refractivity contribution >= 4 is 79.3 Å². The fraction of sp³-hybridized carbons (Fsp3) is 0.212. The number of nitrogen functional groups attached to an aromatic ring is 1. The molecule has 2 aliphatic rings. The number of carbonyl (C=O) groups excluding carboxylic acids is 2. The molecular formula is C33H29FN10O11S4. The molecule has 5 heterocycles. The second-order valence-corrected chi connectivity index (χ2v) is 17.3. The first-order valence-electron chi connectivity index (χ1n) is 16.7. The average molecular weight is 889 g/mol. The number of thioether (sulfide) groups is 2. The number of anilines is 1. The molecule has 2 aliphatic heterocycles. The number of carboxylic acid groups (broad SMARTS) is 1. The Morgan fingerprint density at radius 2 is 1.86 bits per heavy atom. The molecule has 5 aromatic rings. The van der Waals surface area contributed by atoms with Crippen molar-refractivity contribution in [3.8, 4) is 23.0 Å². The molecule has 308 valence electrons. The van der Waals surface area contributed by atoms with Gasteiger partial charge in [-0.15, -0.1) is 40.0 Å². The van der Waals surface area contributed by atoms with Crippen LogP contribution in [-0.2, 0) is 42.4 Å². The first-order valence-corrected chi connectivity index (χ1v) is 21.1. The number of phenols is 4. The number of benzene rings is 2. The van der Waals surface area contributed by atoms with E-state index < -0.39 is 80.4 Å². The van der Waals surface area contributed by atoms with E-state index in [1.54, 1.807) is 13.0 Å². The highest BCUT2D eigenvalue weighted by Gasteiger charge is 2.54. The molecule has 0 radical (unpaired) electrons. The minimum Gasteiger partial charge on any atom is -0.504 e. The summed E-state index contributed by atoms with van der Waals surface area (Å²) >= 11 is 3.36. The van der Waals surface area contributed by atoms with E-state index in [1.165, 1.54) is 33.4 Å². The number of fused-ring (bicyclic) bond motifs is 2. The topological polar surface area (TPSA) is 317 Å². The van der Waals surface area contributed by atoms with Crippen LogP contribution in [0.15, 0.2) is 68.1 Å². The predicted molar refractivity (Wildman–Crippen MR) is 207 cm³/mol. The summed E-state index contributed by atoms with van der Waals surface area (Å²) in [6.45, 7) is 0.764. The number of carboxylic acids is 1. The Morgan fingerprint density at radius 1 is 1.10 bits per heavy atom. The normalized spacial score (nSPS) is 16.9. The largest absolute Gasteiger partial charge is 0.504 e. The van der Waals surface area contributed by atoms with Crippen molar-refractivity contribution in [2.24, 2.45) is 5.16 Å². The smallest absolute Gasteiger partial charge is 0.352 e. The number of sulfonamides is 1. The monoisotopic (exact) mass is 888 g/mol. The number of nitrogens with two attached hydrogens (primary N) is 1. The number of nitrogens with zero attached hydrogens (tertiary/aromatic N) is 7. The molecule has 0 bridgehead atoms. The Balaban J connectivity index is 1.04. The molecule has 0 aliphatic carbocycles. The number of aromatic nitrogens is 5. The number of carbonyl (C=O) groups is 3. The molecule has 7 rings (SSSR count). The number of halogens is 1. The molecule has 2 aromatic carbocycles. The van der Waals surface area contributed by atoms with Gasteiger partial charge in [0.25, 0.3) is 17.6 Å². The summed E-state index contributed by atoms with van der Waals surface area (Å²) < 4.78 is 43.6. The number of aromatic hydroxyl groups is 4. The zero-order chi connectivity index (χ0) is 42.3. The van der Waals surface area contributed by atoms with E-state index in [9.17, 15) is 52.7 Å². The van der Waals surface area contributed by atoms with E-state index in [-0.39, 0.29) is 56.6 Å². The van der Waals surface area contributed by atoms with Crippen LogP contribution >= 0.6 is 34.9 Å². The number of aryl methyl sites for hydroxylation is 1. The second kappa shape index (κ2) is 16.2. The number of nitrogens with one attached hydrogen (secondary N) is 2. The van der Waals surface area contributed by atoms with Gasteiger partial charge in [-0.3, -0.25) is 14.5 Å². The van der Waals surface area contributed by atoms with Crippen molar-refractivity contribution < 1.29 is 57.6 Å². The van der Waals surface area contributed by atoms with E-state index in [2.05, 4.69) is 35.2 Å². The zero-order valence-corrected chi connectivity index (χ0v) is 33.2. The lowest BCUT2D eigenvalue weighted by atomic mass is 10.0. The van der Waals surface area contributed by atoms with Gasteiger partial charge in [-0.25, -0.2) is 32.3 Å². The zero-order valence-electron chi connectivity index (χ0n) is 29.9. The van der Waals surface area contributed by atoms with Gasteiger partial charge in [0.15, 0.2) is 45.5 Å². The molecule has 3 aromatic heterocycles. The van der Waals surface area contributed by atoms with Crippen molar-refractivity contribution in [1.29, 1.82) is 0 Å². The van der Waals surface area contributed by atoms with Crippen LogP contribution in [0.25, 0.3) is 5.78 Å². The van der Waals surface area contributed by atoms with Crippen LogP contribution in [0.3, 0.4) is 0 Å². The molecule has 9 N–H and O–H groups in total. The van der Waals surface area contributed by atoms with Gasteiger partial charge in [-0.05, 0) is 42.8 Å². The third kappa shape index (κ3) is 8.24. The van der Waals surface area contributed by atoms with Crippen LogP contribution in [0, 0.1) is 12.7 Å². The van der Waals surface area contributed by atoms with Gasteiger partial charge in [-0.1, -0.05) is 5.16 Å². The third-order valence-electron chi connectivity index (χ3n) is 8.59. The van der Waals surface area contributed by atoms with E-state index in [1.807, 2.05) is 0 Å². The fourth-order valence-corrected chi connectivity index (χ4v) is 9.81. The number of β-lactam (4-membered cyclic amide) rings is 1. The molecule has 21 nitrogen and oxygen atoms in total. The number of oxime groups is 1. The number of phenolic OH excluding ortho intramolecular Hbond substituents is 4. The Hall–Kier alpha value is -6.22. The SMILES string of the molecule is Cc1cc(SCC2=C(C(=O)O)N3C(=O)C(NC(=O)/C(=N\OCc4ccc(O)c(O)c4F)c4csc(N)n4)C3SC2)n2nc(CNS(=O)(=O)c3ccc(O)c(O)c3)nc2n1. The van der Waals surface area contributed by atoms with E-state index in [0.29, 0.717) is 16.3 Å². The molecule has 2 atom stereocenters.